The van der Waals surface area contributed by atoms with Crippen LogP contribution < -0.4 is 0 Å². The lowest BCUT2D eigenvalue weighted by Gasteiger charge is -2.35. The summed E-state index contributed by atoms with van der Waals surface area (Å²) in [4.78, 5) is 22.7. The van der Waals surface area contributed by atoms with E-state index in [1.807, 2.05) is 23.2 Å². The molecule has 0 radical (unpaired) electrons. The maximum atomic E-state index is 12.7. The van der Waals surface area contributed by atoms with E-state index in [1.54, 1.807) is 11.3 Å². The van der Waals surface area contributed by atoms with E-state index in [4.69, 9.17) is 4.74 Å². The second kappa shape index (κ2) is 7.64. The van der Waals surface area contributed by atoms with Crippen molar-refractivity contribution >= 4 is 17.2 Å². The summed E-state index contributed by atoms with van der Waals surface area (Å²) in [5.41, 5.74) is 2.44. The number of nitrogens with zero attached hydrogens (tertiary/aromatic N) is 3. The summed E-state index contributed by atoms with van der Waals surface area (Å²) in [6.45, 7) is 4.95. The number of carbonyl (C=O) groups excluding carboxylic acids is 1. The summed E-state index contributed by atoms with van der Waals surface area (Å²) in [5, 5.41) is 2.10. The van der Waals surface area contributed by atoms with Gasteiger partial charge in [0.15, 0.2) is 0 Å². The monoisotopic (exact) mass is 357 g/mol. The summed E-state index contributed by atoms with van der Waals surface area (Å²) < 4.78 is 5.87. The highest BCUT2D eigenvalue weighted by Gasteiger charge is 2.28. The van der Waals surface area contributed by atoms with Crippen LogP contribution in [0.2, 0.25) is 0 Å². The Morgan fingerprint density at radius 2 is 2.12 bits per heavy atom. The van der Waals surface area contributed by atoms with Crippen LogP contribution in [-0.4, -0.2) is 53.5 Å². The van der Waals surface area contributed by atoms with E-state index in [-0.39, 0.29) is 12.0 Å². The standard InChI is InChI=1S/C19H23N3O2S/c23-18(13-17-19-15(4-11-24-17)5-12-25-19)22-9-7-21(8-10-22)14-16-3-1-2-6-20-16/h1-3,5-6,12,17H,4,7-11,13-14H2. The topological polar surface area (TPSA) is 45.7 Å². The number of hydrogen-bond donors (Lipinski definition) is 0. The van der Waals surface area contributed by atoms with Crippen molar-refractivity contribution in [1.82, 2.24) is 14.8 Å². The van der Waals surface area contributed by atoms with Crippen LogP contribution >= 0.6 is 11.3 Å². The number of hydrogen-bond acceptors (Lipinski definition) is 5. The molecule has 4 rings (SSSR count). The number of piperazine rings is 1. The van der Waals surface area contributed by atoms with Crippen molar-refractivity contribution in [2.45, 2.75) is 25.5 Å². The molecule has 1 unspecified atom stereocenters. The summed E-state index contributed by atoms with van der Waals surface area (Å²) in [6.07, 6.45) is 3.21. The summed E-state index contributed by atoms with van der Waals surface area (Å²) in [5.74, 6) is 0.212. The van der Waals surface area contributed by atoms with Gasteiger partial charge in [-0.25, -0.2) is 0 Å². The van der Waals surface area contributed by atoms with Gasteiger partial charge in [0.2, 0.25) is 5.91 Å². The molecule has 4 heterocycles. The molecule has 1 amide bonds. The molecule has 1 atom stereocenters. The first-order valence-corrected chi connectivity index (χ1v) is 9.75. The van der Waals surface area contributed by atoms with Gasteiger partial charge in [0.1, 0.15) is 6.10 Å². The first-order valence-electron chi connectivity index (χ1n) is 8.87. The van der Waals surface area contributed by atoms with Crippen LogP contribution in [0.3, 0.4) is 0 Å². The predicted molar refractivity (Wildman–Crippen MR) is 97.4 cm³/mol. The average Bonchev–Trinajstić information content (AvgIpc) is 3.13. The quantitative estimate of drug-likeness (QED) is 0.843. The minimum absolute atomic E-state index is 0.0530. The van der Waals surface area contributed by atoms with Gasteiger partial charge in [-0.15, -0.1) is 11.3 Å². The van der Waals surface area contributed by atoms with Crippen LogP contribution in [0, 0.1) is 0 Å². The van der Waals surface area contributed by atoms with Crippen molar-refractivity contribution in [1.29, 1.82) is 0 Å². The molecule has 6 heteroatoms. The molecule has 2 aromatic heterocycles. The molecule has 1 fully saturated rings. The van der Waals surface area contributed by atoms with Gasteiger partial charge >= 0.3 is 0 Å². The smallest absolute Gasteiger partial charge is 0.225 e. The Morgan fingerprint density at radius 3 is 2.92 bits per heavy atom. The molecule has 2 aliphatic heterocycles. The second-order valence-corrected chi connectivity index (χ2v) is 7.55. The molecular weight excluding hydrogens is 334 g/mol. The van der Waals surface area contributed by atoms with Crippen molar-refractivity contribution in [3.63, 3.8) is 0 Å². The van der Waals surface area contributed by atoms with Gasteiger partial charge in [0.25, 0.3) is 0 Å². The normalized spacial score (nSPS) is 21.1. The summed E-state index contributed by atoms with van der Waals surface area (Å²) >= 11 is 1.71. The van der Waals surface area contributed by atoms with Gasteiger partial charge in [-0.2, -0.15) is 0 Å². The minimum atomic E-state index is -0.0530. The third kappa shape index (κ3) is 3.92. The third-order valence-corrected chi connectivity index (χ3v) is 6.01. The second-order valence-electron chi connectivity index (χ2n) is 6.60. The molecular formula is C19H23N3O2S. The average molecular weight is 357 g/mol. The van der Waals surface area contributed by atoms with Crippen LogP contribution in [0.5, 0.6) is 0 Å². The molecule has 0 saturated carbocycles. The summed E-state index contributed by atoms with van der Waals surface area (Å²) in [7, 11) is 0. The van der Waals surface area contributed by atoms with Crippen molar-refractivity contribution in [3.05, 3.63) is 52.0 Å². The number of aromatic nitrogens is 1. The van der Waals surface area contributed by atoms with Crippen molar-refractivity contribution in [2.24, 2.45) is 0 Å². The number of fused-ring (bicyclic) bond motifs is 1. The Hall–Kier alpha value is -1.76. The van der Waals surface area contributed by atoms with Gasteiger partial charge < -0.3 is 9.64 Å². The van der Waals surface area contributed by atoms with E-state index < -0.39 is 0 Å². The number of amides is 1. The Balaban J connectivity index is 1.29. The predicted octanol–water partition coefficient (Wildman–Crippen LogP) is 2.49. The van der Waals surface area contributed by atoms with Crippen molar-refractivity contribution in [3.8, 4) is 0 Å². The molecule has 0 N–H and O–H groups in total. The first-order chi connectivity index (χ1) is 12.3. The summed E-state index contributed by atoms with van der Waals surface area (Å²) in [6, 6.07) is 8.17. The van der Waals surface area contributed by atoms with Gasteiger partial charge in [-0.1, -0.05) is 6.07 Å². The molecule has 0 spiro atoms. The zero-order chi connectivity index (χ0) is 17.1. The Morgan fingerprint density at radius 1 is 1.24 bits per heavy atom. The lowest BCUT2D eigenvalue weighted by Crippen LogP contribution is -2.48. The fourth-order valence-corrected chi connectivity index (χ4v) is 4.54. The van der Waals surface area contributed by atoms with Crippen LogP contribution in [0.15, 0.2) is 35.8 Å². The lowest BCUT2D eigenvalue weighted by molar-refractivity contribution is -0.136. The molecule has 132 valence electrons. The number of ether oxygens (including phenoxy) is 1. The molecule has 2 aromatic rings. The lowest BCUT2D eigenvalue weighted by atomic mass is 10.0. The van der Waals surface area contributed by atoms with Crippen molar-refractivity contribution < 1.29 is 9.53 Å². The third-order valence-electron chi connectivity index (χ3n) is 4.96. The highest BCUT2D eigenvalue weighted by Crippen LogP contribution is 2.34. The Bertz CT molecular complexity index is 710. The molecule has 0 aliphatic carbocycles. The zero-order valence-corrected chi connectivity index (χ0v) is 15.1. The highest BCUT2D eigenvalue weighted by atomic mass is 32.1. The van der Waals surface area contributed by atoms with E-state index in [9.17, 15) is 4.79 Å². The largest absolute Gasteiger partial charge is 0.372 e. The first kappa shape index (κ1) is 16.7. The Kier molecular flexibility index (Phi) is 5.10. The zero-order valence-electron chi connectivity index (χ0n) is 14.3. The number of thiophene rings is 1. The number of carbonyl (C=O) groups is 1. The minimum Gasteiger partial charge on any atom is -0.372 e. The molecule has 0 aromatic carbocycles. The molecule has 5 nitrogen and oxygen atoms in total. The molecule has 1 saturated heterocycles. The SMILES string of the molecule is O=C(CC1OCCc2ccsc21)N1CCN(Cc2ccccn2)CC1. The fraction of sp³-hybridized carbons (Fsp3) is 0.474. The van der Waals surface area contributed by atoms with E-state index >= 15 is 0 Å². The fourth-order valence-electron chi connectivity index (χ4n) is 3.54. The van der Waals surface area contributed by atoms with Gasteiger partial charge in [-0.05, 0) is 35.6 Å². The van der Waals surface area contributed by atoms with Crippen LogP contribution in [0.4, 0.5) is 0 Å². The van der Waals surface area contributed by atoms with Crippen LogP contribution in [0.1, 0.15) is 28.7 Å². The van der Waals surface area contributed by atoms with Crippen LogP contribution in [0.25, 0.3) is 0 Å². The molecule has 2 aliphatic rings. The van der Waals surface area contributed by atoms with Crippen LogP contribution in [-0.2, 0) is 22.5 Å². The van der Waals surface area contributed by atoms with E-state index in [2.05, 4.69) is 27.4 Å². The van der Waals surface area contributed by atoms with Crippen molar-refractivity contribution in [2.75, 3.05) is 32.8 Å². The van der Waals surface area contributed by atoms with E-state index in [1.165, 1.54) is 10.4 Å². The number of pyridine rings is 1. The van der Waals surface area contributed by atoms with Gasteiger partial charge in [0.05, 0.1) is 18.7 Å². The maximum absolute atomic E-state index is 12.7. The number of rotatable bonds is 4. The molecule has 0 bridgehead atoms. The Labute approximate surface area is 152 Å². The van der Waals surface area contributed by atoms with Gasteiger partial charge in [-0.3, -0.25) is 14.7 Å². The maximum Gasteiger partial charge on any atom is 0.225 e. The molecule has 25 heavy (non-hydrogen) atoms. The highest BCUT2D eigenvalue weighted by molar-refractivity contribution is 7.10. The van der Waals surface area contributed by atoms with Gasteiger partial charge in [0, 0.05) is 43.8 Å². The van der Waals surface area contributed by atoms with E-state index in [0.717, 1.165) is 51.4 Å². The van der Waals surface area contributed by atoms with E-state index in [0.29, 0.717) is 6.42 Å².